The lowest BCUT2D eigenvalue weighted by Crippen LogP contribution is -2.14. The number of benzene rings is 2. The SMILES string of the molecule is CC(CCc1ccc(C(F)(F)F)cc1)S(C)(C)c1ccccc1. The van der Waals surface area contributed by atoms with Crippen molar-refractivity contribution in [1.29, 1.82) is 0 Å². The van der Waals surface area contributed by atoms with E-state index in [1.807, 2.05) is 6.07 Å². The van der Waals surface area contributed by atoms with Crippen LogP contribution in [-0.2, 0) is 12.6 Å². The summed E-state index contributed by atoms with van der Waals surface area (Å²) in [6.45, 7) is 2.24. The van der Waals surface area contributed by atoms with Crippen LogP contribution in [0.3, 0.4) is 0 Å². The van der Waals surface area contributed by atoms with E-state index in [9.17, 15) is 13.2 Å². The molecule has 0 aliphatic heterocycles. The van der Waals surface area contributed by atoms with Crippen LogP contribution >= 0.6 is 10.0 Å². The van der Waals surface area contributed by atoms with Crippen molar-refractivity contribution in [3.8, 4) is 0 Å². The summed E-state index contributed by atoms with van der Waals surface area (Å²) >= 11 is 0. The normalized spacial score (nSPS) is 14.5. The summed E-state index contributed by atoms with van der Waals surface area (Å²) in [6.07, 6.45) is 2.13. The van der Waals surface area contributed by atoms with Gasteiger partial charge in [-0.05, 0) is 53.2 Å². The first-order valence-electron chi connectivity index (χ1n) is 7.64. The fraction of sp³-hybridized carbons (Fsp3) is 0.368. The molecular formula is C19H23F3S. The van der Waals surface area contributed by atoms with E-state index >= 15 is 0 Å². The maximum atomic E-state index is 12.6. The predicted molar refractivity (Wildman–Crippen MR) is 93.4 cm³/mol. The monoisotopic (exact) mass is 340 g/mol. The minimum absolute atomic E-state index is 0.507. The molecule has 23 heavy (non-hydrogen) atoms. The Morgan fingerprint density at radius 3 is 2.00 bits per heavy atom. The summed E-state index contributed by atoms with van der Waals surface area (Å²) < 4.78 is 37.7. The van der Waals surface area contributed by atoms with Crippen LogP contribution < -0.4 is 0 Å². The molecule has 2 aromatic carbocycles. The first kappa shape index (κ1) is 17.9. The van der Waals surface area contributed by atoms with Gasteiger partial charge in [0.2, 0.25) is 0 Å². The topological polar surface area (TPSA) is 0 Å². The fourth-order valence-electron chi connectivity index (χ4n) is 2.53. The molecular weight excluding hydrogens is 317 g/mol. The molecule has 0 N–H and O–H groups in total. The van der Waals surface area contributed by atoms with Crippen LogP contribution in [-0.4, -0.2) is 17.8 Å². The van der Waals surface area contributed by atoms with Gasteiger partial charge < -0.3 is 0 Å². The van der Waals surface area contributed by atoms with Crippen molar-refractivity contribution in [1.82, 2.24) is 0 Å². The van der Waals surface area contributed by atoms with E-state index in [1.165, 1.54) is 17.0 Å². The number of alkyl halides is 3. The lowest BCUT2D eigenvalue weighted by atomic mass is 10.1. The largest absolute Gasteiger partial charge is 0.416 e. The Bertz CT molecular complexity index is 615. The lowest BCUT2D eigenvalue weighted by molar-refractivity contribution is -0.137. The van der Waals surface area contributed by atoms with E-state index in [1.54, 1.807) is 12.1 Å². The molecule has 0 saturated heterocycles. The molecule has 126 valence electrons. The van der Waals surface area contributed by atoms with Gasteiger partial charge in [0.1, 0.15) is 0 Å². The Labute approximate surface area is 138 Å². The van der Waals surface area contributed by atoms with Gasteiger partial charge in [0.15, 0.2) is 0 Å². The van der Waals surface area contributed by atoms with Crippen molar-refractivity contribution in [2.75, 3.05) is 12.5 Å². The molecule has 0 aliphatic rings. The first-order valence-corrected chi connectivity index (χ1v) is 10.2. The van der Waals surface area contributed by atoms with Gasteiger partial charge in [0.05, 0.1) is 5.56 Å². The Hall–Kier alpha value is -1.42. The van der Waals surface area contributed by atoms with E-state index in [-0.39, 0.29) is 0 Å². The quantitative estimate of drug-likeness (QED) is 0.612. The van der Waals surface area contributed by atoms with Crippen LogP contribution in [0.2, 0.25) is 0 Å². The molecule has 0 spiro atoms. The number of halogens is 3. The summed E-state index contributed by atoms with van der Waals surface area (Å²) in [7, 11) is -0.921. The molecule has 1 unspecified atom stereocenters. The highest BCUT2D eigenvalue weighted by molar-refractivity contribution is 8.33. The fourth-order valence-corrected chi connectivity index (χ4v) is 4.56. The molecule has 4 heteroatoms. The van der Waals surface area contributed by atoms with Gasteiger partial charge >= 0.3 is 6.18 Å². The average molecular weight is 340 g/mol. The van der Waals surface area contributed by atoms with Crippen LogP contribution in [0.4, 0.5) is 13.2 Å². The number of hydrogen-bond donors (Lipinski definition) is 0. The maximum Gasteiger partial charge on any atom is 0.416 e. The van der Waals surface area contributed by atoms with Gasteiger partial charge in [0, 0.05) is 0 Å². The van der Waals surface area contributed by atoms with Gasteiger partial charge in [-0.1, -0.05) is 49.4 Å². The third kappa shape index (κ3) is 4.54. The highest BCUT2D eigenvalue weighted by Crippen LogP contribution is 2.54. The smallest absolute Gasteiger partial charge is 0.218 e. The highest BCUT2D eigenvalue weighted by atomic mass is 32.3. The lowest BCUT2D eigenvalue weighted by Gasteiger charge is -2.38. The van der Waals surface area contributed by atoms with Gasteiger partial charge in [-0.3, -0.25) is 0 Å². The molecule has 0 amide bonds. The van der Waals surface area contributed by atoms with Crippen molar-refractivity contribution in [2.24, 2.45) is 0 Å². The minimum atomic E-state index is -4.26. The highest BCUT2D eigenvalue weighted by Gasteiger charge is 2.30. The predicted octanol–water partition coefficient (Wildman–Crippen LogP) is 6.15. The molecule has 0 radical (unpaired) electrons. The summed E-state index contributed by atoms with van der Waals surface area (Å²) in [5, 5.41) is 0.507. The van der Waals surface area contributed by atoms with E-state index in [4.69, 9.17) is 0 Å². The zero-order valence-corrected chi connectivity index (χ0v) is 14.5. The van der Waals surface area contributed by atoms with Crippen molar-refractivity contribution in [3.05, 3.63) is 65.7 Å². The minimum Gasteiger partial charge on any atom is -0.218 e. The molecule has 0 aliphatic carbocycles. The van der Waals surface area contributed by atoms with Crippen LogP contribution in [0.5, 0.6) is 0 Å². The Balaban J connectivity index is 2.00. The van der Waals surface area contributed by atoms with Crippen LogP contribution in [0, 0.1) is 0 Å². The standard InChI is InChI=1S/C19H23F3S/c1-15(23(2,3)18-7-5-4-6-8-18)9-10-16-11-13-17(14-12-16)19(20,21)22/h4-8,11-15H,9-10H2,1-3H3. The van der Waals surface area contributed by atoms with Crippen molar-refractivity contribution >= 4 is 10.0 Å². The Kier molecular flexibility index (Phi) is 5.45. The summed E-state index contributed by atoms with van der Waals surface area (Å²) in [4.78, 5) is 1.37. The molecule has 0 saturated carbocycles. The van der Waals surface area contributed by atoms with Crippen molar-refractivity contribution in [2.45, 2.75) is 36.1 Å². The molecule has 0 fully saturated rings. The second-order valence-electron chi connectivity index (χ2n) is 6.26. The van der Waals surface area contributed by atoms with Crippen LogP contribution in [0.25, 0.3) is 0 Å². The zero-order valence-electron chi connectivity index (χ0n) is 13.7. The molecule has 0 nitrogen and oxygen atoms in total. The van der Waals surface area contributed by atoms with Crippen molar-refractivity contribution in [3.63, 3.8) is 0 Å². The molecule has 2 aromatic rings. The average Bonchev–Trinajstić information content (AvgIpc) is 2.53. The number of rotatable bonds is 5. The van der Waals surface area contributed by atoms with Gasteiger partial charge in [-0.15, -0.1) is 0 Å². The van der Waals surface area contributed by atoms with E-state index < -0.39 is 21.8 Å². The maximum absolute atomic E-state index is 12.6. The molecule has 0 bridgehead atoms. The summed E-state index contributed by atoms with van der Waals surface area (Å²) in [6, 6.07) is 16.0. The van der Waals surface area contributed by atoms with Crippen molar-refractivity contribution < 1.29 is 13.2 Å². The second-order valence-corrected chi connectivity index (χ2v) is 10.4. The van der Waals surface area contributed by atoms with Gasteiger partial charge in [0.25, 0.3) is 0 Å². The van der Waals surface area contributed by atoms with E-state index in [2.05, 4.69) is 43.7 Å². The van der Waals surface area contributed by atoms with Crippen LogP contribution in [0.15, 0.2) is 59.5 Å². The van der Waals surface area contributed by atoms with Crippen LogP contribution in [0.1, 0.15) is 24.5 Å². The van der Waals surface area contributed by atoms with E-state index in [0.717, 1.165) is 18.4 Å². The summed E-state index contributed by atoms with van der Waals surface area (Å²) in [5.74, 6) is 0. The molecule has 0 aromatic heterocycles. The molecule has 1 atom stereocenters. The van der Waals surface area contributed by atoms with E-state index in [0.29, 0.717) is 5.25 Å². The Morgan fingerprint density at radius 2 is 1.48 bits per heavy atom. The molecule has 0 heterocycles. The summed E-state index contributed by atoms with van der Waals surface area (Å²) in [5.41, 5.74) is 0.387. The third-order valence-electron chi connectivity index (χ3n) is 4.48. The zero-order chi connectivity index (χ0) is 17.1. The first-order chi connectivity index (χ1) is 10.7. The molecule has 2 rings (SSSR count). The number of hydrogen-bond acceptors (Lipinski definition) is 0. The number of aryl methyl sites for hydroxylation is 1. The third-order valence-corrected chi connectivity index (χ3v) is 8.21. The Morgan fingerprint density at radius 1 is 0.913 bits per heavy atom. The van der Waals surface area contributed by atoms with Gasteiger partial charge in [-0.2, -0.15) is 13.2 Å². The van der Waals surface area contributed by atoms with Gasteiger partial charge in [-0.25, -0.2) is 10.0 Å². The second kappa shape index (κ2) is 7.00.